The van der Waals surface area contributed by atoms with Crippen molar-refractivity contribution in [2.24, 2.45) is 0 Å². The van der Waals surface area contributed by atoms with E-state index < -0.39 is 10.0 Å². The van der Waals surface area contributed by atoms with E-state index in [1.54, 1.807) is 24.3 Å². The molecule has 1 aromatic carbocycles. The van der Waals surface area contributed by atoms with Crippen molar-refractivity contribution < 1.29 is 17.9 Å². The van der Waals surface area contributed by atoms with E-state index >= 15 is 0 Å². The summed E-state index contributed by atoms with van der Waals surface area (Å²) in [5.41, 5.74) is 0.511. The van der Waals surface area contributed by atoms with Crippen LogP contribution in [0.5, 0.6) is 5.75 Å². The number of carbonyl (C=O) groups excluding carboxylic acids is 1. The number of hydrogen-bond acceptors (Lipinski definition) is 6. The fourth-order valence-electron chi connectivity index (χ4n) is 2.05. The lowest BCUT2D eigenvalue weighted by Gasteiger charge is -2.11. The molecule has 0 aliphatic heterocycles. The van der Waals surface area contributed by atoms with Gasteiger partial charge in [-0.05, 0) is 30.3 Å². The van der Waals surface area contributed by atoms with Crippen molar-refractivity contribution in [3.63, 3.8) is 0 Å². The second-order valence-corrected chi connectivity index (χ2v) is 9.31. The normalized spacial score (nSPS) is 11.4. The molecule has 1 heterocycles. The molecule has 0 saturated heterocycles. The molecule has 0 spiro atoms. The second kappa shape index (κ2) is 9.41. The van der Waals surface area contributed by atoms with Crippen molar-refractivity contribution >= 4 is 45.0 Å². The van der Waals surface area contributed by atoms with Gasteiger partial charge in [-0.25, -0.2) is 17.7 Å². The van der Waals surface area contributed by atoms with Crippen LogP contribution in [0.4, 0.5) is 5.69 Å². The van der Waals surface area contributed by atoms with Crippen LogP contribution in [0.2, 0.25) is 5.02 Å². The number of nitrogens with one attached hydrogen (secondary N) is 1. The van der Waals surface area contributed by atoms with Gasteiger partial charge in [-0.2, -0.15) is 0 Å². The third kappa shape index (κ3) is 5.83. The number of ether oxygens (including phenoxy) is 1. The van der Waals surface area contributed by atoms with Crippen LogP contribution in [0.25, 0.3) is 0 Å². The predicted molar refractivity (Wildman–Crippen MR) is 107 cm³/mol. The highest BCUT2D eigenvalue weighted by Gasteiger charge is 2.17. The smallest absolute Gasteiger partial charge is 0.244 e. The molecular formula is C17H20ClN3O4S2. The summed E-state index contributed by atoms with van der Waals surface area (Å²) in [5, 5.41) is 3.90. The van der Waals surface area contributed by atoms with Crippen LogP contribution in [0, 0.1) is 0 Å². The third-order valence-corrected chi connectivity index (χ3v) is 6.48. The third-order valence-electron chi connectivity index (χ3n) is 3.50. The van der Waals surface area contributed by atoms with Crippen LogP contribution >= 0.6 is 23.4 Å². The first-order chi connectivity index (χ1) is 12.7. The minimum Gasteiger partial charge on any atom is -0.495 e. The predicted octanol–water partition coefficient (Wildman–Crippen LogP) is 3.11. The molecule has 0 unspecified atom stereocenters. The van der Waals surface area contributed by atoms with Crippen molar-refractivity contribution in [3.05, 3.63) is 41.6 Å². The van der Waals surface area contributed by atoms with Crippen molar-refractivity contribution in [3.8, 4) is 5.75 Å². The number of nitrogens with zero attached hydrogens (tertiary/aromatic N) is 2. The number of amides is 1. The summed E-state index contributed by atoms with van der Waals surface area (Å²) in [5.74, 6) is 0.830. The maximum absolute atomic E-state index is 12.1. The Balaban J connectivity index is 1.89. The summed E-state index contributed by atoms with van der Waals surface area (Å²) in [4.78, 5) is 16.4. The Morgan fingerprint density at radius 1 is 1.30 bits per heavy atom. The van der Waals surface area contributed by atoms with Crippen molar-refractivity contribution in [1.29, 1.82) is 0 Å². The average Bonchev–Trinajstić information content (AvgIpc) is 2.62. The molecule has 1 amide bonds. The molecule has 7 nitrogen and oxygen atoms in total. The molecule has 10 heteroatoms. The monoisotopic (exact) mass is 429 g/mol. The summed E-state index contributed by atoms with van der Waals surface area (Å²) >= 11 is 7.30. The zero-order chi connectivity index (χ0) is 20.0. The fourth-order valence-corrected chi connectivity index (χ4v) is 3.86. The highest BCUT2D eigenvalue weighted by molar-refractivity contribution is 7.99. The van der Waals surface area contributed by atoms with Gasteiger partial charge in [0.1, 0.15) is 10.6 Å². The standard InChI is InChI=1S/C17H20ClN3O4S2/c1-21(2)27(23,24)13-5-7-17(19-11-13)26-9-8-16(22)20-14-10-12(18)4-6-15(14)25-3/h4-7,10-11H,8-9H2,1-3H3,(H,20,22). The van der Waals surface area contributed by atoms with Crippen LogP contribution in [0.3, 0.4) is 0 Å². The Hall–Kier alpha value is -1.81. The Kier molecular flexibility index (Phi) is 7.49. The van der Waals surface area contributed by atoms with E-state index in [1.165, 1.54) is 45.2 Å². The van der Waals surface area contributed by atoms with Crippen molar-refractivity contribution in [1.82, 2.24) is 9.29 Å². The molecule has 0 bridgehead atoms. The van der Waals surface area contributed by atoms with Gasteiger partial charge >= 0.3 is 0 Å². The van der Waals surface area contributed by atoms with E-state index in [4.69, 9.17) is 16.3 Å². The molecule has 0 aliphatic rings. The van der Waals surface area contributed by atoms with E-state index in [0.29, 0.717) is 27.2 Å². The van der Waals surface area contributed by atoms with Crippen molar-refractivity contribution in [2.45, 2.75) is 16.3 Å². The molecule has 1 aromatic heterocycles. The van der Waals surface area contributed by atoms with Gasteiger partial charge in [0.15, 0.2) is 0 Å². The van der Waals surface area contributed by atoms with Gasteiger partial charge in [-0.15, -0.1) is 11.8 Å². The Bertz CT molecular complexity index is 903. The first kappa shape index (κ1) is 21.5. The number of aromatic nitrogens is 1. The topological polar surface area (TPSA) is 88.6 Å². The number of methoxy groups -OCH3 is 1. The zero-order valence-electron chi connectivity index (χ0n) is 15.1. The molecule has 0 radical (unpaired) electrons. The number of benzene rings is 1. The quantitative estimate of drug-likeness (QED) is 0.648. The van der Waals surface area contributed by atoms with E-state index in [2.05, 4.69) is 10.3 Å². The number of halogens is 1. The Morgan fingerprint density at radius 3 is 2.63 bits per heavy atom. The average molecular weight is 430 g/mol. The molecule has 2 rings (SSSR count). The minimum absolute atomic E-state index is 0.127. The summed E-state index contributed by atoms with van der Waals surface area (Å²) in [7, 11) is 0.945. The number of pyridine rings is 1. The van der Waals surface area contributed by atoms with Gasteiger partial charge in [0.2, 0.25) is 15.9 Å². The van der Waals surface area contributed by atoms with Crippen LogP contribution in [0.1, 0.15) is 6.42 Å². The Morgan fingerprint density at radius 2 is 2.04 bits per heavy atom. The van der Waals surface area contributed by atoms with Crippen LogP contribution in [-0.4, -0.2) is 50.6 Å². The largest absolute Gasteiger partial charge is 0.495 e. The van der Waals surface area contributed by atoms with Gasteiger partial charge in [0.05, 0.1) is 17.8 Å². The van der Waals surface area contributed by atoms with Crippen LogP contribution in [0.15, 0.2) is 46.5 Å². The zero-order valence-corrected chi connectivity index (χ0v) is 17.5. The van der Waals surface area contributed by atoms with Gasteiger partial charge in [0, 0.05) is 37.5 Å². The van der Waals surface area contributed by atoms with Gasteiger partial charge in [0.25, 0.3) is 0 Å². The van der Waals surface area contributed by atoms with E-state index in [1.807, 2.05) is 0 Å². The highest BCUT2D eigenvalue weighted by atomic mass is 35.5. The summed E-state index contributed by atoms with van der Waals surface area (Å²) in [6.07, 6.45) is 1.56. The van der Waals surface area contributed by atoms with E-state index in [0.717, 1.165) is 4.31 Å². The van der Waals surface area contributed by atoms with Gasteiger partial charge < -0.3 is 10.1 Å². The number of hydrogen-bond donors (Lipinski definition) is 1. The fraction of sp³-hybridized carbons (Fsp3) is 0.294. The summed E-state index contributed by atoms with van der Waals surface area (Å²) in [6, 6.07) is 8.11. The second-order valence-electron chi connectivity index (χ2n) is 5.61. The van der Waals surface area contributed by atoms with Gasteiger partial charge in [-0.1, -0.05) is 11.6 Å². The molecule has 0 atom stereocenters. The first-order valence-corrected chi connectivity index (χ1v) is 10.7. The molecule has 0 aliphatic carbocycles. The number of thioether (sulfide) groups is 1. The number of carbonyl (C=O) groups is 1. The maximum atomic E-state index is 12.1. The molecular weight excluding hydrogens is 410 g/mol. The lowest BCUT2D eigenvalue weighted by molar-refractivity contribution is -0.115. The minimum atomic E-state index is -3.50. The molecule has 1 N–H and O–H groups in total. The SMILES string of the molecule is COc1ccc(Cl)cc1NC(=O)CCSc1ccc(S(=O)(=O)N(C)C)cn1. The number of rotatable bonds is 8. The molecule has 0 saturated carbocycles. The number of sulfonamides is 1. The van der Waals surface area contributed by atoms with Crippen molar-refractivity contribution in [2.75, 3.05) is 32.3 Å². The molecule has 146 valence electrons. The van der Waals surface area contributed by atoms with E-state index in [9.17, 15) is 13.2 Å². The summed E-state index contributed by atoms with van der Waals surface area (Å²) < 4.78 is 30.3. The lowest BCUT2D eigenvalue weighted by Crippen LogP contribution is -2.22. The van der Waals surface area contributed by atoms with Crippen LogP contribution < -0.4 is 10.1 Å². The molecule has 27 heavy (non-hydrogen) atoms. The summed E-state index contributed by atoms with van der Waals surface area (Å²) in [6.45, 7) is 0. The lowest BCUT2D eigenvalue weighted by atomic mass is 10.3. The Labute approximate surface area is 168 Å². The number of anilines is 1. The van der Waals surface area contributed by atoms with Gasteiger partial charge in [-0.3, -0.25) is 4.79 Å². The highest BCUT2D eigenvalue weighted by Crippen LogP contribution is 2.28. The molecule has 0 fully saturated rings. The first-order valence-electron chi connectivity index (χ1n) is 7.89. The maximum Gasteiger partial charge on any atom is 0.244 e. The molecule has 2 aromatic rings. The van der Waals surface area contributed by atoms with E-state index in [-0.39, 0.29) is 17.2 Å². The van der Waals surface area contributed by atoms with Crippen LogP contribution in [-0.2, 0) is 14.8 Å².